The van der Waals surface area contributed by atoms with Gasteiger partial charge in [0.15, 0.2) is 0 Å². The van der Waals surface area contributed by atoms with Gasteiger partial charge in [0, 0.05) is 43.4 Å². The molecule has 0 bridgehead atoms. The first-order valence-corrected chi connectivity index (χ1v) is 25.8. The number of benzene rings is 4. The number of hydrogen-bond acceptors (Lipinski definition) is 12. The van der Waals surface area contributed by atoms with E-state index in [1.165, 1.54) is 44.1 Å². The van der Waals surface area contributed by atoms with Gasteiger partial charge in [-0.2, -0.15) is 0 Å². The van der Waals surface area contributed by atoms with Crippen LogP contribution in [0.4, 0.5) is 9.59 Å². The molecule has 0 radical (unpaired) electrons. The lowest BCUT2D eigenvalue weighted by molar-refractivity contribution is -0.145. The van der Waals surface area contributed by atoms with Crippen LogP contribution in [0, 0.1) is 0 Å². The van der Waals surface area contributed by atoms with Gasteiger partial charge in [-0.3, -0.25) is 28.5 Å². The highest BCUT2D eigenvalue weighted by atomic mass is 16.6. The minimum atomic E-state index is -1.78. The van der Waals surface area contributed by atoms with Crippen molar-refractivity contribution in [3.63, 3.8) is 0 Å². The molecule has 2 heterocycles. The average Bonchev–Trinajstić information content (AvgIpc) is 4.12. The topological polar surface area (TPSA) is 259 Å². The molecule has 20 heteroatoms. The van der Waals surface area contributed by atoms with Gasteiger partial charge in [0.2, 0.25) is 29.5 Å². The molecule has 2 aromatic heterocycles. The summed E-state index contributed by atoms with van der Waals surface area (Å²) in [6.07, 6.45) is 1.65. The normalized spacial score (nSPS) is 13.4. The van der Waals surface area contributed by atoms with Crippen LogP contribution in [0.2, 0.25) is 0 Å². The molecule has 0 saturated carbocycles. The molecule has 0 aliphatic rings. The molecular formula is C59H71N9O11. The highest BCUT2D eigenvalue weighted by Gasteiger charge is 2.41. The first kappa shape index (κ1) is 59.4. The van der Waals surface area contributed by atoms with E-state index in [1.54, 1.807) is 77.4 Å². The average molecular weight is 1080 g/mol. The van der Waals surface area contributed by atoms with Gasteiger partial charge in [0.1, 0.15) is 46.4 Å². The fourth-order valence-corrected chi connectivity index (χ4v) is 8.80. The van der Waals surface area contributed by atoms with E-state index in [0.717, 1.165) is 7.11 Å². The summed E-state index contributed by atoms with van der Waals surface area (Å²) in [5, 5.41) is 17.1. The largest absolute Gasteiger partial charge is 0.467 e. The molecule has 4 aromatic carbocycles. The van der Waals surface area contributed by atoms with Crippen LogP contribution in [0.5, 0.6) is 0 Å². The number of amides is 6. The van der Waals surface area contributed by atoms with Crippen LogP contribution in [0.25, 0.3) is 10.9 Å². The molecule has 79 heavy (non-hydrogen) atoms. The second-order valence-electron chi connectivity index (χ2n) is 21.7. The van der Waals surface area contributed by atoms with Crippen LogP contribution >= 0.6 is 0 Å². The summed E-state index contributed by atoms with van der Waals surface area (Å²) < 4.78 is 19.0. The summed E-state index contributed by atoms with van der Waals surface area (Å²) in [6.45, 7) is 14.3. The first-order valence-electron chi connectivity index (χ1n) is 25.8. The van der Waals surface area contributed by atoms with Gasteiger partial charge in [-0.25, -0.2) is 19.4 Å². The van der Waals surface area contributed by atoms with Crippen molar-refractivity contribution in [3.8, 4) is 0 Å². The smallest absolute Gasteiger partial charge is 0.419 e. The lowest BCUT2D eigenvalue weighted by atomic mass is 9.77. The molecule has 6 N–H and O–H groups in total. The van der Waals surface area contributed by atoms with E-state index in [2.05, 4.69) is 36.9 Å². The van der Waals surface area contributed by atoms with Crippen molar-refractivity contribution < 1.29 is 52.6 Å². The van der Waals surface area contributed by atoms with Gasteiger partial charge in [0.25, 0.3) is 0 Å². The second-order valence-corrected chi connectivity index (χ2v) is 21.7. The Hall–Kier alpha value is -8.81. The Morgan fingerprint density at radius 1 is 0.595 bits per heavy atom. The van der Waals surface area contributed by atoms with Gasteiger partial charge >= 0.3 is 18.2 Å². The first-order chi connectivity index (χ1) is 37.2. The van der Waals surface area contributed by atoms with E-state index in [0.29, 0.717) is 38.9 Å². The van der Waals surface area contributed by atoms with Crippen molar-refractivity contribution in [3.05, 3.63) is 162 Å². The highest BCUT2D eigenvalue weighted by Crippen LogP contribution is 2.37. The van der Waals surface area contributed by atoms with Gasteiger partial charge in [-0.15, -0.1) is 0 Å². The van der Waals surface area contributed by atoms with Crippen molar-refractivity contribution in [1.82, 2.24) is 46.0 Å². The van der Waals surface area contributed by atoms with Crippen LogP contribution in [-0.2, 0) is 68.4 Å². The van der Waals surface area contributed by atoms with Gasteiger partial charge in [-0.05, 0) is 90.6 Å². The molecule has 4 atom stereocenters. The fourth-order valence-electron chi connectivity index (χ4n) is 8.80. The van der Waals surface area contributed by atoms with Crippen LogP contribution in [0.3, 0.4) is 0 Å². The number of nitrogens with one attached hydrogen (secondary N) is 6. The number of aromatic nitrogens is 3. The number of para-hydroxylation sites is 1. The molecule has 418 valence electrons. The van der Waals surface area contributed by atoms with Gasteiger partial charge < -0.3 is 50.7 Å². The molecule has 0 aliphatic carbocycles. The third-order valence-corrected chi connectivity index (χ3v) is 12.7. The molecule has 0 unspecified atom stereocenters. The number of carbonyl (C=O) groups excluding carboxylic acids is 8. The number of rotatable bonds is 20. The van der Waals surface area contributed by atoms with E-state index in [1.807, 2.05) is 91.0 Å². The minimum Gasteiger partial charge on any atom is -0.467 e. The maximum absolute atomic E-state index is 15.4. The molecule has 20 nitrogen and oxygen atoms in total. The Morgan fingerprint density at radius 3 is 1.62 bits per heavy atom. The summed E-state index contributed by atoms with van der Waals surface area (Å²) in [7, 11) is 2.86. The zero-order valence-corrected chi connectivity index (χ0v) is 46.5. The molecule has 0 saturated heterocycles. The Morgan fingerprint density at radius 2 is 1.10 bits per heavy atom. The zero-order valence-electron chi connectivity index (χ0n) is 46.5. The predicted molar refractivity (Wildman–Crippen MR) is 295 cm³/mol. The number of fused-ring (bicyclic) bond motifs is 1. The summed E-state index contributed by atoms with van der Waals surface area (Å²) in [6, 6.07) is 28.6. The molecule has 0 fully saturated rings. The van der Waals surface area contributed by atoms with Crippen molar-refractivity contribution >= 4 is 58.6 Å². The summed E-state index contributed by atoms with van der Waals surface area (Å²) in [4.78, 5) is 118. The molecule has 0 aliphatic heterocycles. The SMILES string of the molecule is COC(=O)[C@H](C)NC(=O)C(C)(C)NC(=O)[C@H](Cc1cn(C(=O)OC(C)(C)C)c2ccccc12)NC(=O)[C@H](CC(=O)NC(c1ccccc1)(c1ccccc1)c1ccccc1)NC(=O)[C@H](Cc1cncn1C)NC(=O)OC(C)(C)C. The van der Waals surface area contributed by atoms with Crippen LogP contribution in [-0.4, -0.2) is 110 Å². The van der Waals surface area contributed by atoms with E-state index in [9.17, 15) is 28.8 Å². The number of ether oxygens (including phenoxy) is 3. The number of hydrogen-bond donors (Lipinski definition) is 6. The Balaban J connectivity index is 1.46. The van der Waals surface area contributed by atoms with E-state index in [4.69, 9.17) is 14.2 Å². The summed E-state index contributed by atoms with van der Waals surface area (Å²) in [5.41, 5.74) is -1.63. The Kier molecular flexibility index (Phi) is 18.9. The van der Waals surface area contributed by atoms with Crippen LogP contribution in [0.15, 0.2) is 134 Å². The standard InChI is InChI=1S/C59H71N9O11/c1-37(52(73)77-11)61-53(74)58(8,9)66-51(72)44(31-38-35-68(55(76)79-57(5,6)7)47-30-22-21-29-43(38)47)62-50(71)46(63-49(70)45(32-42-34-60-36-67(42)10)64-54(75)78-56(2,3)4)33-48(69)65-59(39-23-15-12-16-24-39,40-25-17-13-18-26-40)41-27-19-14-20-28-41/h12-30,34-37,44-46H,31-33H2,1-11H3,(H,61,74)(H,62,71)(H,63,70)(H,64,75)(H,65,69)(H,66,72)/t37-,44-,45-,46-/m0/s1. The molecule has 6 aromatic rings. The lowest BCUT2D eigenvalue weighted by Gasteiger charge is -2.37. The van der Waals surface area contributed by atoms with Crippen molar-refractivity contribution in [2.45, 2.75) is 128 Å². The number of aryl methyl sites for hydroxylation is 1. The van der Waals surface area contributed by atoms with Crippen molar-refractivity contribution in [2.24, 2.45) is 7.05 Å². The maximum atomic E-state index is 15.4. The van der Waals surface area contributed by atoms with E-state index < -0.39 is 101 Å². The number of imidazole rings is 1. The monoisotopic (exact) mass is 1080 g/mol. The Bertz CT molecular complexity index is 3050. The second kappa shape index (κ2) is 25.1. The quantitative estimate of drug-likeness (QED) is 0.0298. The number of methoxy groups -OCH3 is 1. The van der Waals surface area contributed by atoms with Crippen LogP contribution < -0.4 is 31.9 Å². The lowest BCUT2D eigenvalue weighted by Crippen LogP contribution is -2.62. The van der Waals surface area contributed by atoms with Gasteiger partial charge in [0.05, 0.1) is 25.4 Å². The molecule has 6 amide bonds. The predicted octanol–water partition coefficient (Wildman–Crippen LogP) is 5.88. The molecule has 0 spiro atoms. The fraction of sp³-hybridized carbons (Fsp3) is 0.373. The number of carbonyl (C=O) groups is 8. The highest BCUT2D eigenvalue weighted by molar-refractivity contribution is 5.99. The third kappa shape index (κ3) is 15.4. The number of esters is 1. The zero-order chi connectivity index (χ0) is 57.9. The third-order valence-electron chi connectivity index (χ3n) is 12.7. The van der Waals surface area contributed by atoms with Gasteiger partial charge in [-0.1, -0.05) is 109 Å². The van der Waals surface area contributed by atoms with Crippen LogP contribution in [0.1, 0.15) is 96.7 Å². The van der Waals surface area contributed by atoms with E-state index in [-0.39, 0.29) is 12.8 Å². The maximum Gasteiger partial charge on any atom is 0.419 e. The minimum absolute atomic E-state index is 0.139. The Labute approximate surface area is 459 Å². The van der Waals surface area contributed by atoms with E-state index >= 15 is 9.59 Å². The molecule has 6 rings (SSSR count). The van der Waals surface area contributed by atoms with Crippen molar-refractivity contribution in [2.75, 3.05) is 7.11 Å². The number of nitrogens with zero attached hydrogens (tertiary/aromatic N) is 3. The number of alkyl carbamates (subject to hydrolysis) is 1. The summed E-state index contributed by atoms with van der Waals surface area (Å²) >= 11 is 0. The molecular weight excluding hydrogens is 1010 g/mol. The van der Waals surface area contributed by atoms with Crippen molar-refractivity contribution in [1.29, 1.82) is 0 Å². The summed E-state index contributed by atoms with van der Waals surface area (Å²) in [5.74, 6) is -5.07.